The Bertz CT molecular complexity index is 817. The molecule has 2 aromatic heterocycles. The number of nitrogens with one attached hydrogen (secondary N) is 1. The van der Waals surface area contributed by atoms with Gasteiger partial charge in [-0.1, -0.05) is 61.4 Å². The van der Waals surface area contributed by atoms with Crippen LogP contribution in [0.15, 0.2) is 42.7 Å². The van der Waals surface area contributed by atoms with Crippen molar-refractivity contribution >= 4 is 22.4 Å². The van der Waals surface area contributed by atoms with E-state index in [1.54, 1.807) is 0 Å². The number of aromatic nitrogens is 4. The van der Waals surface area contributed by atoms with E-state index < -0.39 is 0 Å². The van der Waals surface area contributed by atoms with Gasteiger partial charge in [-0.3, -0.25) is 10.1 Å². The van der Waals surface area contributed by atoms with Crippen molar-refractivity contribution in [2.75, 3.05) is 5.32 Å². The molecule has 3 rings (SSSR count). The third-order valence-corrected chi connectivity index (χ3v) is 4.53. The Hall–Kier alpha value is -2.67. The molecule has 0 aliphatic carbocycles. The molecule has 25 heavy (non-hydrogen) atoms. The molecule has 0 unspecified atom stereocenters. The average Bonchev–Trinajstić information content (AvgIpc) is 3.10. The average molecular weight is 353 g/mol. The summed E-state index contributed by atoms with van der Waals surface area (Å²) < 4.78 is 0. The predicted octanol–water partition coefficient (Wildman–Crippen LogP) is 3.98. The Kier molecular flexibility index (Phi) is 5.79. The number of nitrogens with zero attached hydrogens (tertiary/aromatic N) is 4. The molecule has 1 aromatic carbocycles. The van der Waals surface area contributed by atoms with E-state index in [4.69, 9.17) is 0 Å². The third kappa shape index (κ3) is 4.67. The van der Waals surface area contributed by atoms with Crippen molar-refractivity contribution in [3.63, 3.8) is 0 Å². The molecular weight excluding hydrogens is 334 g/mol. The van der Waals surface area contributed by atoms with Crippen LogP contribution in [0.25, 0.3) is 11.4 Å². The molecule has 0 aliphatic rings. The van der Waals surface area contributed by atoms with Gasteiger partial charge in [-0.2, -0.15) is 0 Å². The zero-order chi connectivity index (χ0) is 17.5. The van der Waals surface area contributed by atoms with Crippen LogP contribution in [0.1, 0.15) is 41.6 Å². The fourth-order valence-electron chi connectivity index (χ4n) is 2.28. The van der Waals surface area contributed by atoms with Crippen molar-refractivity contribution in [1.82, 2.24) is 20.2 Å². The lowest BCUT2D eigenvalue weighted by Gasteiger charge is -2.02. The summed E-state index contributed by atoms with van der Waals surface area (Å²) in [6, 6.07) is 9.64. The van der Waals surface area contributed by atoms with Crippen molar-refractivity contribution in [1.29, 1.82) is 0 Å². The molecule has 0 bridgehead atoms. The van der Waals surface area contributed by atoms with Crippen LogP contribution in [-0.2, 0) is 6.42 Å². The second kappa shape index (κ2) is 8.43. The summed E-state index contributed by atoms with van der Waals surface area (Å²) >= 11 is 1.41. The molecule has 6 nitrogen and oxygen atoms in total. The fraction of sp³-hybridized carbons (Fsp3) is 0.278. The van der Waals surface area contributed by atoms with Crippen LogP contribution in [-0.4, -0.2) is 26.1 Å². The van der Waals surface area contributed by atoms with Crippen LogP contribution in [0.2, 0.25) is 0 Å². The van der Waals surface area contributed by atoms with Crippen LogP contribution in [0.4, 0.5) is 5.13 Å². The number of carbonyl (C=O) groups is 1. The third-order valence-electron chi connectivity index (χ3n) is 3.63. The number of aryl methyl sites for hydroxylation is 1. The van der Waals surface area contributed by atoms with Crippen molar-refractivity contribution in [2.45, 2.75) is 32.6 Å². The Morgan fingerprint density at radius 1 is 1.08 bits per heavy atom. The minimum atomic E-state index is -0.282. The Morgan fingerprint density at radius 2 is 1.84 bits per heavy atom. The molecule has 0 spiro atoms. The van der Waals surface area contributed by atoms with Gasteiger partial charge in [-0.25, -0.2) is 9.97 Å². The van der Waals surface area contributed by atoms with Gasteiger partial charge >= 0.3 is 0 Å². The summed E-state index contributed by atoms with van der Waals surface area (Å²) in [5.74, 6) is 0.308. The molecule has 0 atom stereocenters. The molecule has 7 heteroatoms. The number of amides is 1. The van der Waals surface area contributed by atoms with E-state index in [2.05, 4.69) is 32.4 Å². The van der Waals surface area contributed by atoms with Crippen LogP contribution in [0, 0.1) is 0 Å². The SMILES string of the molecule is CCCCCc1nnc(NC(=O)c2cnc(-c3ccccc3)nc2)s1. The quantitative estimate of drug-likeness (QED) is 0.650. The highest BCUT2D eigenvalue weighted by Gasteiger charge is 2.11. The normalized spacial score (nSPS) is 10.6. The summed E-state index contributed by atoms with van der Waals surface area (Å²) in [7, 11) is 0. The van der Waals surface area contributed by atoms with Gasteiger partial charge in [-0.05, 0) is 6.42 Å². The number of hydrogen-bond donors (Lipinski definition) is 1. The maximum Gasteiger partial charge on any atom is 0.260 e. The summed E-state index contributed by atoms with van der Waals surface area (Å²) in [4.78, 5) is 20.8. The first-order valence-electron chi connectivity index (χ1n) is 8.27. The molecule has 0 saturated heterocycles. The second-order valence-corrected chi connectivity index (χ2v) is 6.64. The van der Waals surface area contributed by atoms with Crippen LogP contribution in [0.3, 0.4) is 0 Å². The lowest BCUT2D eigenvalue weighted by molar-refractivity contribution is 0.102. The summed E-state index contributed by atoms with van der Waals surface area (Å²) in [5.41, 5.74) is 1.30. The maximum absolute atomic E-state index is 12.3. The van der Waals surface area contributed by atoms with Gasteiger partial charge in [0.15, 0.2) is 5.82 Å². The minimum Gasteiger partial charge on any atom is -0.296 e. The number of anilines is 1. The largest absolute Gasteiger partial charge is 0.296 e. The molecular formula is C18H19N5OS. The highest BCUT2D eigenvalue weighted by Crippen LogP contribution is 2.19. The van der Waals surface area contributed by atoms with Crippen molar-refractivity contribution in [3.05, 3.63) is 53.3 Å². The van der Waals surface area contributed by atoms with Gasteiger partial charge in [0.2, 0.25) is 5.13 Å². The van der Waals surface area contributed by atoms with Crippen LogP contribution < -0.4 is 5.32 Å². The van der Waals surface area contributed by atoms with Crippen molar-refractivity contribution in [3.8, 4) is 11.4 Å². The number of rotatable bonds is 7. The smallest absolute Gasteiger partial charge is 0.260 e. The first-order chi connectivity index (χ1) is 12.3. The summed E-state index contributed by atoms with van der Waals surface area (Å²) in [5, 5.41) is 12.3. The molecule has 1 amide bonds. The van der Waals surface area contributed by atoms with Gasteiger partial charge < -0.3 is 0 Å². The molecule has 3 aromatic rings. The van der Waals surface area contributed by atoms with Crippen LogP contribution >= 0.6 is 11.3 Å². The Balaban J connectivity index is 1.61. The molecule has 0 fully saturated rings. The van der Waals surface area contributed by atoms with Gasteiger partial charge in [0.25, 0.3) is 5.91 Å². The summed E-state index contributed by atoms with van der Waals surface area (Å²) in [6.07, 6.45) is 7.37. The fourth-order valence-corrected chi connectivity index (χ4v) is 3.06. The predicted molar refractivity (Wildman–Crippen MR) is 98.6 cm³/mol. The highest BCUT2D eigenvalue weighted by atomic mass is 32.1. The van der Waals surface area contributed by atoms with E-state index in [1.807, 2.05) is 30.3 Å². The minimum absolute atomic E-state index is 0.282. The first-order valence-corrected chi connectivity index (χ1v) is 9.09. The number of carbonyl (C=O) groups excluding carboxylic acids is 1. The van der Waals surface area contributed by atoms with E-state index in [9.17, 15) is 4.79 Å². The van der Waals surface area contributed by atoms with E-state index in [-0.39, 0.29) is 5.91 Å². The number of unbranched alkanes of at least 4 members (excludes halogenated alkanes) is 2. The number of benzene rings is 1. The first kappa shape index (κ1) is 17.2. The standard InChI is InChI=1S/C18H19N5OS/c1-2-3-5-10-15-22-23-18(25-15)21-17(24)14-11-19-16(20-12-14)13-8-6-4-7-9-13/h4,6-9,11-12H,2-3,5,10H2,1H3,(H,21,23,24). The Morgan fingerprint density at radius 3 is 2.56 bits per heavy atom. The van der Waals surface area contributed by atoms with Gasteiger partial charge in [0, 0.05) is 24.4 Å². The van der Waals surface area contributed by atoms with E-state index in [0.29, 0.717) is 16.5 Å². The molecule has 0 radical (unpaired) electrons. The zero-order valence-corrected chi connectivity index (χ0v) is 14.8. The van der Waals surface area contributed by atoms with Gasteiger partial charge in [-0.15, -0.1) is 10.2 Å². The lowest BCUT2D eigenvalue weighted by Crippen LogP contribution is -2.12. The van der Waals surface area contributed by atoms with Crippen molar-refractivity contribution in [2.24, 2.45) is 0 Å². The van der Waals surface area contributed by atoms with Crippen LogP contribution in [0.5, 0.6) is 0 Å². The highest BCUT2D eigenvalue weighted by molar-refractivity contribution is 7.15. The number of hydrogen-bond acceptors (Lipinski definition) is 6. The van der Waals surface area contributed by atoms with Gasteiger partial charge in [0.1, 0.15) is 5.01 Å². The molecule has 1 N–H and O–H groups in total. The molecule has 2 heterocycles. The van der Waals surface area contributed by atoms with Crippen molar-refractivity contribution < 1.29 is 4.79 Å². The maximum atomic E-state index is 12.3. The topological polar surface area (TPSA) is 80.7 Å². The van der Waals surface area contributed by atoms with Gasteiger partial charge in [0.05, 0.1) is 5.56 Å². The molecule has 0 saturated carbocycles. The zero-order valence-electron chi connectivity index (χ0n) is 14.0. The van der Waals surface area contributed by atoms with E-state index >= 15 is 0 Å². The van der Waals surface area contributed by atoms with E-state index in [0.717, 1.165) is 23.4 Å². The van der Waals surface area contributed by atoms with E-state index in [1.165, 1.54) is 36.6 Å². The summed E-state index contributed by atoms with van der Waals surface area (Å²) in [6.45, 7) is 2.16. The molecule has 0 aliphatic heterocycles. The molecule has 128 valence electrons. The second-order valence-electron chi connectivity index (χ2n) is 5.57. The lowest BCUT2D eigenvalue weighted by atomic mass is 10.2. The monoisotopic (exact) mass is 353 g/mol. The Labute approximate surface area is 150 Å².